The van der Waals surface area contributed by atoms with Crippen molar-refractivity contribution in [2.75, 3.05) is 36.5 Å². The van der Waals surface area contributed by atoms with Crippen LogP contribution in [0.1, 0.15) is 0 Å². The number of fused-ring (bicyclic) bond motifs is 1. The summed E-state index contributed by atoms with van der Waals surface area (Å²) < 4.78 is 29.7. The summed E-state index contributed by atoms with van der Waals surface area (Å²) in [5, 5.41) is 12.5. The fourth-order valence-electron chi connectivity index (χ4n) is 2.72. The molecule has 1 fully saturated rings. The first-order valence-electron chi connectivity index (χ1n) is 7.94. The van der Waals surface area contributed by atoms with Gasteiger partial charge in [-0.25, -0.2) is 13.6 Å². The number of benzene rings is 1. The van der Waals surface area contributed by atoms with Gasteiger partial charge in [0.15, 0.2) is 0 Å². The molecule has 0 unspecified atom stereocenters. The van der Waals surface area contributed by atoms with Crippen molar-refractivity contribution in [1.29, 1.82) is 0 Å². The molecule has 1 aromatic carbocycles. The number of hydrogen-bond donors (Lipinski definition) is 2. The molecule has 0 radical (unpaired) electrons. The summed E-state index contributed by atoms with van der Waals surface area (Å²) in [6.45, 7) is 2.80. The van der Waals surface area contributed by atoms with Crippen LogP contribution >= 0.6 is 0 Å². The lowest BCUT2D eigenvalue weighted by Gasteiger charge is -2.28. The number of ether oxygens (including phenoxy) is 1. The van der Waals surface area contributed by atoms with Crippen molar-refractivity contribution in [1.82, 2.24) is 19.6 Å². The van der Waals surface area contributed by atoms with Crippen LogP contribution in [-0.4, -0.2) is 54.3 Å². The molecule has 3 aromatic rings. The number of anilines is 3. The molecule has 0 atom stereocenters. The highest BCUT2D eigenvalue weighted by atomic mass is 32.2. The molecule has 10 nitrogen and oxygen atoms in total. The summed E-state index contributed by atoms with van der Waals surface area (Å²) in [6, 6.07) is 8.04. The van der Waals surface area contributed by atoms with E-state index in [0.717, 1.165) is 18.9 Å². The molecule has 1 saturated heterocycles. The normalized spacial score (nSPS) is 15.3. The van der Waals surface area contributed by atoms with E-state index in [4.69, 9.17) is 9.88 Å². The van der Waals surface area contributed by atoms with E-state index >= 15 is 0 Å². The topological polar surface area (TPSA) is 128 Å². The predicted molar refractivity (Wildman–Crippen MR) is 94.9 cm³/mol. The molecule has 1 aliphatic rings. The van der Waals surface area contributed by atoms with Crippen LogP contribution < -0.4 is 15.4 Å². The van der Waals surface area contributed by atoms with Crippen LogP contribution in [0.3, 0.4) is 0 Å². The first-order valence-corrected chi connectivity index (χ1v) is 9.49. The van der Waals surface area contributed by atoms with E-state index < -0.39 is 10.0 Å². The molecule has 0 aliphatic carbocycles. The highest BCUT2D eigenvalue weighted by Gasteiger charge is 2.16. The molecule has 3 heterocycles. The summed E-state index contributed by atoms with van der Waals surface area (Å²) >= 11 is 0. The molecule has 3 N–H and O–H groups in total. The third-order valence-corrected chi connectivity index (χ3v) is 4.96. The largest absolute Gasteiger partial charge is 0.378 e. The highest BCUT2D eigenvalue weighted by molar-refractivity contribution is 7.89. The Kier molecular flexibility index (Phi) is 4.18. The highest BCUT2D eigenvalue weighted by Crippen LogP contribution is 2.23. The van der Waals surface area contributed by atoms with Gasteiger partial charge in [-0.2, -0.15) is 19.6 Å². The van der Waals surface area contributed by atoms with Gasteiger partial charge in [0.2, 0.25) is 10.0 Å². The minimum Gasteiger partial charge on any atom is -0.378 e. The number of rotatable bonds is 4. The fourth-order valence-corrected chi connectivity index (χ4v) is 3.23. The monoisotopic (exact) mass is 375 g/mol. The zero-order valence-electron chi connectivity index (χ0n) is 13.7. The van der Waals surface area contributed by atoms with Crippen molar-refractivity contribution in [3.63, 3.8) is 0 Å². The number of aromatic nitrogens is 4. The molecular formula is C15H17N7O3S. The molecule has 0 spiro atoms. The van der Waals surface area contributed by atoms with Crippen molar-refractivity contribution >= 4 is 33.1 Å². The lowest BCUT2D eigenvalue weighted by Crippen LogP contribution is -2.36. The van der Waals surface area contributed by atoms with Gasteiger partial charge in [0.05, 0.1) is 18.1 Å². The first kappa shape index (κ1) is 16.7. The quantitative estimate of drug-likeness (QED) is 0.669. The Morgan fingerprint density at radius 2 is 1.88 bits per heavy atom. The minimum absolute atomic E-state index is 0.0534. The third-order valence-electron chi connectivity index (χ3n) is 4.03. The second-order valence-corrected chi connectivity index (χ2v) is 7.33. The maximum Gasteiger partial charge on any atom is 0.256 e. The zero-order chi connectivity index (χ0) is 18.1. The molecule has 11 heteroatoms. The number of nitrogens with one attached hydrogen (secondary N) is 1. The molecule has 26 heavy (non-hydrogen) atoms. The summed E-state index contributed by atoms with van der Waals surface area (Å²) in [7, 11) is -3.72. The van der Waals surface area contributed by atoms with Gasteiger partial charge in [0.1, 0.15) is 18.0 Å². The third kappa shape index (κ3) is 3.31. The summed E-state index contributed by atoms with van der Waals surface area (Å²) in [5.41, 5.74) is 0.688. The van der Waals surface area contributed by atoms with E-state index in [2.05, 4.69) is 25.3 Å². The average Bonchev–Trinajstić information content (AvgIpc) is 3.11. The van der Waals surface area contributed by atoms with Gasteiger partial charge in [-0.15, -0.1) is 0 Å². The van der Waals surface area contributed by atoms with Gasteiger partial charge in [-0.3, -0.25) is 0 Å². The summed E-state index contributed by atoms with van der Waals surface area (Å²) in [5.74, 6) is 1.91. The van der Waals surface area contributed by atoms with Gasteiger partial charge in [-0.1, -0.05) is 0 Å². The lowest BCUT2D eigenvalue weighted by atomic mass is 10.3. The number of nitrogens with two attached hydrogens (primary N) is 1. The van der Waals surface area contributed by atoms with Crippen LogP contribution in [0.15, 0.2) is 41.6 Å². The lowest BCUT2D eigenvalue weighted by molar-refractivity contribution is 0.122. The van der Waals surface area contributed by atoms with Crippen LogP contribution in [0, 0.1) is 0 Å². The molecule has 2 aromatic heterocycles. The van der Waals surface area contributed by atoms with E-state index in [1.807, 2.05) is 6.07 Å². The number of morpholine rings is 1. The van der Waals surface area contributed by atoms with E-state index in [0.29, 0.717) is 30.5 Å². The SMILES string of the molecule is NS(=O)(=O)c1ccc(Nc2cc(N3CCOCC3)nc3ncnn23)cc1. The Hall–Kier alpha value is -2.76. The average molecular weight is 375 g/mol. The zero-order valence-corrected chi connectivity index (χ0v) is 14.6. The molecule has 0 amide bonds. The number of nitrogens with zero attached hydrogens (tertiary/aromatic N) is 5. The van der Waals surface area contributed by atoms with Gasteiger partial charge in [-0.05, 0) is 24.3 Å². The fraction of sp³-hybridized carbons (Fsp3) is 0.267. The molecule has 0 bridgehead atoms. The molecule has 136 valence electrons. The van der Waals surface area contributed by atoms with E-state index in [1.165, 1.54) is 18.5 Å². The second-order valence-electron chi connectivity index (χ2n) is 5.77. The minimum atomic E-state index is -3.72. The number of hydrogen-bond acceptors (Lipinski definition) is 8. The van der Waals surface area contributed by atoms with Crippen LogP contribution in [0.4, 0.5) is 17.3 Å². The van der Waals surface area contributed by atoms with Crippen LogP contribution in [0.25, 0.3) is 5.78 Å². The molecule has 0 saturated carbocycles. The maximum atomic E-state index is 11.4. The number of primary sulfonamides is 1. The smallest absolute Gasteiger partial charge is 0.256 e. The van der Waals surface area contributed by atoms with Gasteiger partial charge < -0.3 is 15.0 Å². The van der Waals surface area contributed by atoms with Crippen LogP contribution in [0.5, 0.6) is 0 Å². The van der Waals surface area contributed by atoms with Crippen molar-refractivity contribution < 1.29 is 13.2 Å². The Morgan fingerprint density at radius 1 is 1.15 bits per heavy atom. The van der Waals surface area contributed by atoms with E-state index in [1.54, 1.807) is 16.6 Å². The second kappa shape index (κ2) is 6.52. The van der Waals surface area contributed by atoms with E-state index in [-0.39, 0.29) is 4.90 Å². The van der Waals surface area contributed by atoms with Crippen LogP contribution in [-0.2, 0) is 14.8 Å². The van der Waals surface area contributed by atoms with Crippen molar-refractivity contribution in [3.05, 3.63) is 36.7 Å². The summed E-state index contributed by atoms with van der Waals surface area (Å²) in [4.78, 5) is 10.9. The number of sulfonamides is 1. The Labute approximate surface area is 149 Å². The van der Waals surface area contributed by atoms with Crippen molar-refractivity contribution in [2.45, 2.75) is 4.90 Å². The van der Waals surface area contributed by atoms with Crippen molar-refractivity contribution in [3.8, 4) is 0 Å². The van der Waals surface area contributed by atoms with Crippen LogP contribution in [0.2, 0.25) is 0 Å². The molecule has 1 aliphatic heterocycles. The molecule has 4 rings (SSSR count). The van der Waals surface area contributed by atoms with Crippen molar-refractivity contribution in [2.24, 2.45) is 5.14 Å². The Balaban J connectivity index is 1.67. The Bertz CT molecular complexity index is 1030. The molecular weight excluding hydrogens is 358 g/mol. The maximum absolute atomic E-state index is 11.4. The van der Waals surface area contributed by atoms with E-state index in [9.17, 15) is 8.42 Å². The standard InChI is InChI=1S/C15H17N7O3S/c16-26(23,24)12-3-1-11(2-4-12)19-14-9-13(21-5-7-25-8-6-21)20-15-17-10-18-22(14)15/h1-4,9-10,19H,5-8H2,(H2,16,23,24). The predicted octanol–water partition coefficient (Wildman–Crippen LogP) is 0.352. The van der Waals surface area contributed by atoms with Gasteiger partial charge in [0.25, 0.3) is 5.78 Å². The van der Waals surface area contributed by atoms with Gasteiger partial charge >= 0.3 is 0 Å². The summed E-state index contributed by atoms with van der Waals surface area (Å²) in [6.07, 6.45) is 1.43. The Morgan fingerprint density at radius 3 is 2.58 bits per heavy atom. The van der Waals surface area contributed by atoms with Gasteiger partial charge in [0, 0.05) is 24.8 Å². The first-order chi connectivity index (χ1) is 12.5.